The zero-order chi connectivity index (χ0) is 25.4. The topological polar surface area (TPSA) is 90.6 Å². The Morgan fingerprint density at radius 3 is 2.69 bits per heavy atom. The van der Waals surface area contributed by atoms with Crippen LogP contribution in [0, 0.1) is 0 Å². The van der Waals surface area contributed by atoms with Crippen LogP contribution in [0.2, 0.25) is 0 Å². The summed E-state index contributed by atoms with van der Waals surface area (Å²) in [5.41, 5.74) is 0.867. The maximum Gasteiger partial charge on any atom is 0.410 e. The molecule has 2 aliphatic carbocycles. The van der Waals surface area contributed by atoms with Crippen LogP contribution >= 0.6 is 33.9 Å². The number of carbonyl (C=O) groups excluding carboxylic acids is 1. The Kier molecular flexibility index (Phi) is 7.44. The van der Waals surface area contributed by atoms with Gasteiger partial charge in [0, 0.05) is 18.0 Å². The van der Waals surface area contributed by atoms with Crippen molar-refractivity contribution in [3.63, 3.8) is 0 Å². The van der Waals surface area contributed by atoms with Crippen molar-refractivity contribution in [3.05, 3.63) is 35.1 Å². The molecule has 0 bridgehead atoms. The van der Waals surface area contributed by atoms with Crippen molar-refractivity contribution in [2.24, 2.45) is 0 Å². The van der Waals surface area contributed by atoms with Crippen molar-refractivity contribution in [3.8, 4) is 5.88 Å². The monoisotopic (exact) mass is 624 g/mol. The van der Waals surface area contributed by atoms with Gasteiger partial charge in [0.1, 0.15) is 29.1 Å². The van der Waals surface area contributed by atoms with Gasteiger partial charge in [-0.3, -0.25) is 0 Å². The van der Waals surface area contributed by atoms with Gasteiger partial charge in [-0.2, -0.15) is 0 Å². The first kappa shape index (κ1) is 25.7. The van der Waals surface area contributed by atoms with Crippen molar-refractivity contribution >= 4 is 50.2 Å². The molecule has 1 fully saturated rings. The van der Waals surface area contributed by atoms with Gasteiger partial charge < -0.3 is 18.8 Å². The molecule has 194 valence electrons. The third-order valence-corrected chi connectivity index (χ3v) is 9.27. The van der Waals surface area contributed by atoms with Crippen LogP contribution in [0.5, 0.6) is 5.88 Å². The molecule has 1 unspecified atom stereocenters. The minimum absolute atomic E-state index is 0.0754. The Balaban J connectivity index is 1.27. The molecule has 10 heteroatoms. The average Bonchev–Trinajstić information content (AvgIpc) is 3.56. The fraction of sp³-hybridized carbons (Fsp3) is 0.615. The summed E-state index contributed by atoms with van der Waals surface area (Å²) in [5, 5.41) is 1.09. The van der Waals surface area contributed by atoms with E-state index in [2.05, 4.69) is 37.5 Å². The maximum absolute atomic E-state index is 12.5. The van der Waals surface area contributed by atoms with E-state index in [1.807, 2.05) is 27.8 Å². The van der Waals surface area contributed by atoms with Crippen molar-refractivity contribution in [2.75, 3.05) is 7.05 Å². The zero-order valence-corrected chi connectivity index (χ0v) is 24.2. The van der Waals surface area contributed by atoms with Gasteiger partial charge >= 0.3 is 6.09 Å². The number of aryl methyl sites for hydroxylation is 1. The first-order valence-electron chi connectivity index (χ1n) is 12.6. The molecule has 1 amide bonds. The number of ether oxygens (including phenoxy) is 2. The first-order chi connectivity index (χ1) is 17.2. The van der Waals surface area contributed by atoms with Crippen LogP contribution in [0.25, 0.3) is 10.2 Å². The van der Waals surface area contributed by atoms with E-state index in [0.717, 1.165) is 61.1 Å². The Hall–Kier alpha value is -1.95. The molecule has 0 saturated heterocycles. The molecule has 1 saturated carbocycles. The average molecular weight is 625 g/mol. The molecule has 5 rings (SSSR count). The molecule has 0 aliphatic heterocycles. The largest absolute Gasteiger partial charge is 0.474 e. The molecule has 0 spiro atoms. The fourth-order valence-corrected chi connectivity index (χ4v) is 7.45. The smallest absolute Gasteiger partial charge is 0.410 e. The number of carbonyl (C=O) groups is 1. The number of oxazole rings is 1. The van der Waals surface area contributed by atoms with E-state index in [-0.39, 0.29) is 22.2 Å². The highest BCUT2D eigenvalue weighted by molar-refractivity contribution is 14.1. The highest BCUT2D eigenvalue weighted by atomic mass is 127. The summed E-state index contributed by atoms with van der Waals surface area (Å²) in [6.45, 7) is 5.68. The van der Waals surface area contributed by atoms with Crippen molar-refractivity contribution in [1.29, 1.82) is 0 Å². The number of hydrogen-bond acceptors (Lipinski definition) is 8. The Morgan fingerprint density at radius 1 is 1.22 bits per heavy atom. The number of nitrogens with zero attached hydrogens (tertiary/aromatic N) is 4. The summed E-state index contributed by atoms with van der Waals surface area (Å²) in [5.74, 6) is 1.90. The van der Waals surface area contributed by atoms with Gasteiger partial charge in [-0.05, 0) is 77.2 Å². The second-order valence-electron chi connectivity index (χ2n) is 10.7. The molecule has 36 heavy (non-hydrogen) atoms. The zero-order valence-electron chi connectivity index (χ0n) is 21.2. The van der Waals surface area contributed by atoms with Crippen LogP contribution < -0.4 is 4.74 Å². The Morgan fingerprint density at radius 2 is 2.00 bits per heavy atom. The second kappa shape index (κ2) is 10.4. The molecule has 3 heterocycles. The standard InChI is InChI=1S/C26H33IN4O4S/c1-26(2,3)35-25(32)31(4)16-6-8-17(9-7-16)34-23-21-20-15(13-18(27)22-28-11-12-33-22)5-10-19(20)36-24(21)30-14-29-23/h11-12,14-18H,5-10,13H2,1-4H3/t15-,16-,17-,18?/m1/s1. The van der Waals surface area contributed by atoms with E-state index >= 15 is 0 Å². The van der Waals surface area contributed by atoms with E-state index in [9.17, 15) is 4.79 Å². The maximum atomic E-state index is 12.5. The third-order valence-electron chi connectivity index (χ3n) is 7.06. The summed E-state index contributed by atoms with van der Waals surface area (Å²) >= 11 is 4.21. The molecule has 0 aromatic carbocycles. The number of aromatic nitrogens is 3. The van der Waals surface area contributed by atoms with Crippen LogP contribution in [-0.2, 0) is 11.2 Å². The molecule has 3 aromatic rings. The van der Waals surface area contributed by atoms with Gasteiger partial charge in [0.25, 0.3) is 0 Å². The van der Waals surface area contributed by atoms with Crippen LogP contribution in [0.15, 0.2) is 23.2 Å². The lowest BCUT2D eigenvalue weighted by molar-refractivity contribution is 0.0137. The van der Waals surface area contributed by atoms with E-state index in [4.69, 9.17) is 13.9 Å². The molecule has 2 atom stereocenters. The van der Waals surface area contributed by atoms with Gasteiger partial charge in [0.05, 0.1) is 15.5 Å². The highest BCUT2D eigenvalue weighted by Gasteiger charge is 2.34. The predicted octanol–water partition coefficient (Wildman–Crippen LogP) is 6.83. The van der Waals surface area contributed by atoms with Gasteiger partial charge in [-0.15, -0.1) is 11.3 Å². The number of thiophene rings is 1. The summed E-state index contributed by atoms with van der Waals surface area (Å²) < 4.78 is 17.9. The summed E-state index contributed by atoms with van der Waals surface area (Å²) in [4.78, 5) is 30.2. The minimum atomic E-state index is -0.492. The Labute approximate surface area is 229 Å². The van der Waals surface area contributed by atoms with Crippen LogP contribution in [0.1, 0.15) is 85.5 Å². The lowest BCUT2D eigenvalue weighted by Crippen LogP contribution is -2.43. The summed E-state index contributed by atoms with van der Waals surface area (Å²) in [7, 11) is 1.83. The Bertz CT molecular complexity index is 1200. The summed E-state index contributed by atoms with van der Waals surface area (Å²) in [6.07, 6.45) is 11.4. The van der Waals surface area contributed by atoms with Gasteiger partial charge in [0.2, 0.25) is 11.8 Å². The molecule has 3 aromatic heterocycles. The second-order valence-corrected chi connectivity index (χ2v) is 13.3. The molecular formula is C26H33IN4O4S. The van der Waals surface area contributed by atoms with E-state index in [1.165, 1.54) is 10.4 Å². The van der Waals surface area contributed by atoms with Crippen molar-refractivity contribution in [2.45, 2.75) is 93.3 Å². The molecular weight excluding hydrogens is 591 g/mol. The molecule has 0 N–H and O–H groups in total. The lowest BCUT2D eigenvalue weighted by Gasteiger charge is -2.35. The lowest BCUT2D eigenvalue weighted by atomic mass is 9.92. The van der Waals surface area contributed by atoms with E-state index < -0.39 is 5.60 Å². The van der Waals surface area contributed by atoms with Crippen molar-refractivity contribution in [1.82, 2.24) is 19.9 Å². The molecule has 0 radical (unpaired) electrons. The normalized spacial score (nSPS) is 22.9. The van der Waals surface area contributed by atoms with Crippen LogP contribution in [0.4, 0.5) is 4.79 Å². The predicted molar refractivity (Wildman–Crippen MR) is 147 cm³/mol. The number of amides is 1. The van der Waals surface area contributed by atoms with Gasteiger partial charge in [-0.1, -0.05) is 22.6 Å². The van der Waals surface area contributed by atoms with Gasteiger partial charge in [0.15, 0.2) is 0 Å². The molecule has 8 nitrogen and oxygen atoms in total. The first-order valence-corrected chi connectivity index (χ1v) is 14.7. The van der Waals surface area contributed by atoms with Crippen molar-refractivity contribution < 1.29 is 18.7 Å². The number of halogens is 1. The number of fused-ring (bicyclic) bond motifs is 3. The fourth-order valence-electron chi connectivity index (χ4n) is 5.30. The summed E-state index contributed by atoms with van der Waals surface area (Å²) in [6, 6.07) is 0.163. The minimum Gasteiger partial charge on any atom is -0.474 e. The number of hydrogen-bond donors (Lipinski definition) is 0. The quantitative estimate of drug-likeness (QED) is 0.219. The molecule has 2 aliphatic rings. The third kappa shape index (κ3) is 5.49. The SMILES string of the molecule is CN(C(=O)OC(C)(C)C)[C@H]1CC[C@H](Oc2ncnc3sc4c(c23)[C@@H](CC(I)c2ncco2)CC4)CC1. The van der Waals surface area contributed by atoms with E-state index in [0.29, 0.717) is 11.8 Å². The van der Waals surface area contributed by atoms with E-state index in [1.54, 1.807) is 35.0 Å². The van der Waals surface area contributed by atoms with Gasteiger partial charge in [-0.25, -0.2) is 19.7 Å². The number of rotatable bonds is 6. The highest BCUT2D eigenvalue weighted by Crippen LogP contribution is 2.50. The number of alkyl halides is 1. The van der Waals surface area contributed by atoms with Crippen LogP contribution in [0.3, 0.4) is 0 Å². The van der Waals surface area contributed by atoms with Crippen LogP contribution in [-0.4, -0.2) is 50.7 Å².